The van der Waals surface area contributed by atoms with Gasteiger partial charge in [0.2, 0.25) is 0 Å². The lowest BCUT2D eigenvalue weighted by Crippen LogP contribution is -2.32. The Balaban J connectivity index is 2.24. The van der Waals surface area contributed by atoms with Gasteiger partial charge in [0.1, 0.15) is 0 Å². The van der Waals surface area contributed by atoms with Crippen molar-refractivity contribution in [3.05, 3.63) is 42.0 Å². The number of aryl methyl sites for hydroxylation is 1. The zero-order chi connectivity index (χ0) is 16.3. The van der Waals surface area contributed by atoms with Crippen molar-refractivity contribution in [1.29, 1.82) is 0 Å². The minimum atomic E-state index is -1.21. The molecule has 118 valence electrons. The fourth-order valence-electron chi connectivity index (χ4n) is 2.71. The highest BCUT2D eigenvalue weighted by molar-refractivity contribution is 6.06. The van der Waals surface area contributed by atoms with Crippen LogP contribution in [-0.2, 0) is 19.1 Å². The highest BCUT2D eigenvalue weighted by atomic mass is 16.6. The van der Waals surface area contributed by atoms with E-state index in [2.05, 4.69) is 6.58 Å². The van der Waals surface area contributed by atoms with Gasteiger partial charge in [-0.3, -0.25) is 9.59 Å². The molecule has 4 heteroatoms. The van der Waals surface area contributed by atoms with Gasteiger partial charge in [0.25, 0.3) is 0 Å². The number of benzene rings is 1. The summed E-state index contributed by atoms with van der Waals surface area (Å²) < 4.78 is 10.2. The Kier molecular flexibility index (Phi) is 4.69. The van der Waals surface area contributed by atoms with Gasteiger partial charge in [-0.25, -0.2) is 0 Å². The summed E-state index contributed by atoms with van der Waals surface area (Å²) in [5.41, 5.74) is 1.65. The summed E-state index contributed by atoms with van der Waals surface area (Å²) in [6.07, 6.45) is 0.400. The number of carbonyl (C=O) groups is 2. The van der Waals surface area contributed by atoms with Gasteiger partial charge >= 0.3 is 11.9 Å². The maximum absolute atomic E-state index is 12.3. The number of hydrogen-bond acceptors (Lipinski definition) is 4. The Morgan fingerprint density at radius 1 is 1.14 bits per heavy atom. The first-order chi connectivity index (χ1) is 10.5. The molecule has 1 unspecified atom stereocenters. The number of rotatable bonds is 6. The van der Waals surface area contributed by atoms with Gasteiger partial charge in [-0.1, -0.05) is 36.4 Å². The summed E-state index contributed by atoms with van der Waals surface area (Å²) in [5, 5.41) is 0. The van der Waals surface area contributed by atoms with Crippen molar-refractivity contribution in [2.75, 3.05) is 13.2 Å². The molecule has 0 saturated heterocycles. The van der Waals surface area contributed by atoms with E-state index in [4.69, 9.17) is 9.47 Å². The maximum atomic E-state index is 12.3. The van der Waals surface area contributed by atoms with Gasteiger partial charge in [-0.05, 0) is 38.3 Å². The summed E-state index contributed by atoms with van der Waals surface area (Å²) in [6, 6.07) is 7.88. The second-order valence-corrected chi connectivity index (χ2v) is 5.56. The molecular formula is C18H22O4. The first-order valence-corrected chi connectivity index (χ1v) is 7.57. The molecule has 1 atom stereocenters. The normalized spacial score (nSPS) is 18.4. The minimum absolute atomic E-state index is 0.240. The van der Waals surface area contributed by atoms with Gasteiger partial charge < -0.3 is 9.47 Å². The van der Waals surface area contributed by atoms with E-state index >= 15 is 0 Å². The molecule has 22 heavy (non-hydrogen) atoms. The van der Waals surface area contributed by atoms with Crippen LogP contribution in [0.15, 0.2) is 30.8 Å². The molecule has 1 saturated carbocycles. The molecule has 2 rings (SSSR count). The van der Waals surface area contributed by atoms with E-state index in [1.165, 1.54) is 0 Å². The molecule has 4 nitrogen and oxygen atoms in total. The van der Waals surface area contributed by atoms with Crippen LogP contribution in [0.25, 0.3) is 5.57 Å². The van der Waals surface area contributed by atoms with Crippen LogP contribution in [0.5, 0.6) is 0 Å². The lowest BCUT2D eigenvalue weighted by Gasteiger charge is -2.16. The molecule has 0 aliphatic heterocycles. The third kappa shape index (κ3) is 2.78. The van der Waals surface area contributed by atoms with Gasteiger partial charge in [-0.15, -0.1) is 0 Å². The SMILES string of the molecule is C=C(c1ccc(C)cc1)C1CC1(C(=O)OCC)C(=O)OCC. The number of esters is 2. The van der Waals surface area contributed by atoms with Crippen LogP contribution in [0.2, 0.25) is 0 Å². The lowest BCUT2D eigenvalue weighted by atomic mass is 9.95. The summed E-state index contributed by atoms with van der Waals surface area (Å²) >= 11 is 0. The molecule has 0 heterocycles. The Bertz CT molecular complexity index is 568. The van der Waals surface area contributed by atoms with Gasteiger partial charge in [-0.2, -0.15) is 0 Å². The monoisotopic (exact) mass is 302 g/mol. The van der Waals surface area contributed by atoms with Crippen molar-refractivity contribution < 1.29 is 19.1 Å². The van der Waals surface area contributed by atoms with Crippen LogP contribution in [0, 0.1) is 18.3 Å². The fraction of sp³-hybridized carbons (Fsp3) is 0.444. The number of hydrogen-bond donors (Lipinski definition) is 0. The van der Waals surface area contributed by atoms with Crippen LogP contribution >= 0.6 is 0 Å². The quantitative estimate of drug-likeness (QED) is 0.598. The molecule has 1 fully saturated rings. The fourth-order valence-corrected chi connectivity index (χ4v) is 2.71. The molecule has 0 radical (unpaired) electrons. The van der Waals surface area contributed by atoms with Crippen molar-refractivity contribution in [3.8, 4) is 0 Å². The van der Waals surface area contributed by atoms with E-state index in [0.717, 1.165) is 16.7 Å². The second-order valence-electron chi connectivity index (χ2n) is 5.56. The topological polar surface area (TPSA) is 52.6 Å². The number of allylic oxidation sites excluding steroid dienone is 1. The zero-order valence-electron chi connectivity index (χ0n) is 13.3. The highest BCUT2D eigenvalue weighted by Crippen LogP contribution is 2.60. The standard InChI is InChI=1S/C18H22O4/c1-5-21-16(19)18(17(20)22-6-2)11-15(18)13(4)14-9-7-12(3)8-10-14/h7-10,15H,4-6,11H2,1-3H3. The van der Waals surface area contributed by atoms with Crippen molar-refractivity contribution in [2.45, 2.75) is 27.2 Å². The first kappa shape index (κ1) is 16.3. The third-order valence-electron chi connectivity index (χ3n) is 4.08. The van der Waals surface area contributed by atoms with Crippen molar-refractivity contribution in [2.24, 2.45) is 11.3 Å². The van der Waals surface area contributed by atoms with Gasteiger partial charge in [0.15, 0.2) is 5.41 Å². The van der Waals surface area contributed by atoms with Crippen LogP contribution in [0.3, 0.4) is 0 Å². The van der Waals surface area contributed by atoms with E-state index < -0.39 is 17.4 Å². The van der Waals surface area contributed by atoms with Crippen LogP contribution in [-0.4, -0.2) is 25.2 Å². The van der Waals surface area contributed by atoms with Crippen LogP contribution in [0.4, 0.5) is 0 Å². The molecular weight excluding hydrogens is 280 g/mol. The molecule has 0 spiro atoms. The van der Waals surface area contributed by atoms with Crippen molar-refractivity contribution >= 4 is 17.5 Å². The van der Waals surface area contributed by atoms with Gasteiger partial charge in [0.05, 0.1) is 13.2 Å². The Labute approximate surface area is 131 Å². The molecule has 0 N–H and O–H groups in total. The van der Waals surface area contributed by atoms with Crippen LogP contribution < -0.4 is 0 Å². The Morgan fingerprint density at radius 3 is 2.09 bits per heavy atom. The molecule has 1 aromatic rings. The zero-order valence-corrected chi connectivity index (χ0v) is 13.3. The molecule has 0 bridgehead atoms. The van der Waals surface area contributed by atoms with E-state index in [9.17, 15) is 9.59 Å². The van der Waals surface area contributed by atoms with Crippen molar-refractivity contribution in [3.63, 3.8) is 0 Å². The smallest absolute Gasteiger partial charge is 0.324 e. The Hall–Kier alpha value is -2.10. The molecule has 0 amide bonds. The van der Waals surface area contributed by atoms with E-state index in [-0.39, 0.29) is 19.1 Å². The summed E-state index contributed by atoms with van der Waals surface area (Å²) in [4.78, 5) is 24.6. The predicted octanol–water partition coefficient (Wildman–Crippen LogP) is 3.14. The Morgan fingerprint density at radius 2 is 1.64 bits per heavy atom. The molecule has 0 aromatic heterocycles. The predicted molar refractivity (Wildman–Crippen MR) is 84.0 cm³/mol. The minimum Gasteiger partial charge on any atom is -0.465 e. The largest absolute Gasteiger partial charge is 0.465 e. The van der Waals surface area contributed by atoms with Crippen molar-refractivity contribution in [1.82, 2.24) is 0 Å². The summed E-state index contributed by atoms with van der Waals surface area (Å²) in [7, 11) is 0. The third-order valence-corrected chi connectivity index (χ3v) is 4.08. The maximum Gasteiger partial charge on any atom is 0.324 e. The van der Waals surface area contributed by atoms with E-state index in [0.29, 0.717) is 6.42 Å². The number of carbonyl (C=O) groups excluding carboxylic acids is 2. The van der Waals surface area contributed by atoms with E-state index in [1.54, 1.807) is 13.8 Å². The lowest BCUT2D eigenvalue weighted by molar-refractivity contribution is -0.164. The van der Waals surface area contributed by atoms with Crippen LogP contribution in [0.1, 0.15) is 31.4 Å². The average Bonchev–Trinajstić information content (AvgIpc) is 3.25. The molecule has 1 aliphatic carbocycles. The average molecular weight is 302 g/mol. The van der Waals surface area contributed by atoms with Gasteiger partial charge in [0, 0.05) is 5.92 Å². The summed E-state index contributed by atoms with van der Waals surface area (Å²) in [6.45, 7) is 10.0. The van der Waals surface area contributed by atoms with E-state index in [1.807, 2.05) is 31.2 Å². The second kappa shape index (κ2) is 6.34. The highest BCUT2D eigenvalue weighted by Gasteiger charge is 2.69. The first-order valence-electron chi connectivity index (χ1n) is 7.57. The summed E-state index contributed by atoms with van der Waals surface area (Å²) in [5.74, 6) is -1.27. The molecule has 1 aromatic carbocycles. The molecule has 1 aliphatic rings. The number of ether oxygens (including phenoxy) is 2.